The predicted octanol–water partition coefficient (Wildman–Crippen LogP) is 4.68. The zero-order chi connectivity index (χ0) is 20.6. The van der Waals surface area contributed by atoms with Gasteiger partial charge in [0.1, 0.15) is 5.75 Å². The highest BCUT2D eigenvalue weighted by Gasteiger charge is 2.26. The third-order valence-corrected chi connectivity index (χ3v) is 5.68. The molecule has 0 spiro atoms. The number of H-pyrrole nitrogens is 1. The molecule has 1 fully saturated rings. The smallest absolute Gasteiger partial charge is 0.347 e. The van der Waals surface area contributed by atoms with Crippen LogP contribution in [0.5, 0.6) is 5.75 Å². The molecule has 1 aliphatic carbocycles. The van der Waals surface area contributed by atoms with Crippen LogP contribution in [0.4, 0.5) is 0 Å². The molecule has 2 aromatic rings. The van der Waals surface area contributed by atoms with Gasteiger partial charge in [0.15, 0.2) is 5.56 Å². The molecule has 1 aliphatic rings. The average Bonchev–Trinajstić information content (AvgIpc) is 2.73. The number of carbonyl (C=O) groups excluding carboxylic acids is 1. The van der Waals surface area contributed by atoms with Gasteiger partial charge in [-0.2, -0.15) is 0 Å². The summed E-state index contributed by atoms with van der Waals surface area (Å²) in [5.41, 5.74) is 1.48. The topological polar surface area (TPSA) is 68.4 Å². The number of esters is 1. The van der Waals surface area contributed by atoms with Crippen LogP contribution in [0.25, 0.3) is 0 Å². The molecule has 1 heterocycles. The fourth-order valence-corrected chi connectivity index (χ4v) is 4.03. The number of aryl methyl sites for hydroxylation is 2. The minimum absolute atomic E-state index is 0.0297. The summed E-state index contributed by atoms with van der Waals surface area (Å²) >= 11 is 0. The van der Waals surface area contributed by atoms with E-state index >= 15 is 0 Å². The number of benzene rings is 1. The van der Waals surface area contributed by atoms with E-state index in [-0.39, 0.29) is 18.3 Å². The van der Waals surface area contributed by atoms with Gasteiger partial charge in [0.25, 0.3) is 5.56 Å². The second-order valence-corrected chi connectivity index (χ2v) is 7.79. The van der Waals surface area contributed by atoms with Crippen molar-refractivity contribution in [2.24, 2.45) is 5.92 Å². The van der Waals surface area contributed by atoms with Crippen LogP contribution in [0.15, 0.2) is 41.2 Å². The van der Waals surface area contributed by atoms with Crippen LogP contribution in [-0.4, -0.2) is 23.7 Å². The van der Waals surface area contributed by atoms with Gasteiger partial charge in [-0.25, -0.2) is 4.79 Å². The highest BCUT2D eigenvalue weighted by Crippen LogP contribution is 2.30. The van der Waals surface area contributed by atoms with E-state index in [1.54, 1.807) is 13.0 Å². The van der Waals surface area contributed by atoms with Gasteiger partial charge in [0.2, 0.25) is 0 Å². The average molecular weight is 398 g/mol. The van der Waals surface area contributed by atoms with Gasteiger partial charge in [0.05, 0.1) is 12.7 Å². The number of ether oxygens (including phenoxy) is 2. The van der Waals surface area contributed by atoms with E-state index in [0.29, 0.717) is 18.1 Å². The predicted molar refractivity (Wildman–Crippen MR) is 114 cm³/mol. The Morgan fingerprint density at radius 3 is 2.55 bits per heavy atom. The number of aromatic nitrogens is 1. The van der Waals surface area contributed by atoms with Gasteiger partial charge in [-0.1, -0.05) is 49.6 Å². The van der Waals surface area contributed by atoms with Crippen molar-refractivity contribution < 1.29 is 14.3 Å². The van der Waals surface area contributed by atoms with Gasteiger partial charge in [-0.05, 0) is 51.0 Å². The summed E-state index contributed by atoms with van der Waals surface area (Å²) in [5.74, 6) is 0.161. The zero-order valence-corrected chi connectivity index (χ0v) is 17.4. The minimum atomic E-state index is -0.630. The minimum Gasteiger partial charge on any atom is -0.489 e. The fourth-order valence-electron chi connectivity index (χ4n) is 4.03. The maximum atomic E-state index is 12.7. The number of hydrogen-bond acceptors (Lipinski definition) is 4. The molecule has 1 aromatic carbocycles. The van der Waals surface area contributed by atoms with Crippen LogP contribution in [0.2, 0.25) is 0 Å². The third kappa shape index (κ3) is 5.72. The van der Waals surface area contributed by atoms with Gasteiger partial charge in [-0.15, -0.1) is 0 Å². The Bertz CT molecular complexity index is 853. The SMILES string of the molecule is CCOC(=O)c1c(OC(C)C2CCCCC2)cc(CCc2ccccc2)[nH]c1=O. The molecule has 29 heavy (non-hydrogen) atoms. The van der Waals surface area contributed by atoms with Crippen molar-refractivity contribution in [2.45, 2.75) is 64.9 Å². The van der Waals surface area contributed by atoms with E-state index in [1.165, 1.54) is 24.8 Å². The summed E-state index contributed by atoms with van der Waals surface area (Å²) in [7, 11) is 0. The summed E-state index contributed by atoms with van der Waals surface area (Å²) in [6.45, 7) is 3.98. The van der Waals surface area contributed by atoms with Crippen molar-refractivity contribution in [3.8, 4) is 5.75 Å². The van der Waals surface area contributed by atoms with Gasteiger partial charge in [0, 0.05) is 11.8 Å². The monoisotopic (exact) mass is 397 g/mol. The summed E-state index contributed by atoms with van der Waals surface area (Å²) in [6, 6.07) is 11.9. The lowest BCUT2D eigenvalue weighted by Crippen LogP contribution is -2.29. The lowest BCUT2D eigenvalue weighted by Gasteiger charge is -2.28. The van der Waals surface area contributed by atoms with Crippen molar-refractivity contribution in [2.75, 3.05) is 6.61 Å². The number of rotatable bonds is 8. The first-order chi connectivity index (χ1) is 14.1. The molecule has 1 unspecified atom stereocenters. The highest BCUT2D eigenvalue weighted by atomic mass is 16.5. The lowest BCUT2D eigenvalue weighted by atomic mass is 9.86. The summed E-state index contributed by atoms with van der Waals surface area (Å²) < 4.78 is 11.3. The Labute approximate surface area is 172 Å². The number of nitrogens with one attached hydrogen (secondary N) is 1. The van der Waals surface area contributed by atoms with E-state index in [2.05, 4.69) is 17.1 Å². The Morgan fingerprint density at radius 1 is 1.14 bits per heavy atom. The Morgan fingerprint density at radius 2 is 1.86 bits per heavy atom. The van der Waals surface area contributed by atoms with Crippen LogP contribution in [0, 0.1) is 5.92 Å². The summed E-state index contributed by atoms with van der Waals surface area (Å²) in [6.07, 6.45) is 7.35. The normalized spacial score (nSPS) is 15.7. The molecule has 1 saturated carbocycles. The molecule has 3 rings (SSSR count). The Hall–Kier alpha value is -2.56. The third-order valence-electron chi connectivity index (χ3n) is 5.68. The molecular weight excluding hydrogens is 366 g/mol. The van der Waals surface area contributed by atoms with Gasteiger partial charge in [-0.3, -0.25) is 4.79 Å². The first-order valence-corrected chi connectivity index (χ1v) is 10.7. The molecule has 0 radical (unpaired) electrons. The maximum Gasteiger partial charge on any atom is 0.347 e. The number of hydrogen-bond donors (Lipinski definition) is 1. The lowest BCUT2D eigenvalue weighted by molar-refractivity contribution is 0.0511. The molecule has 0 saturated heterocycles. The molecule has 1 aromatic heterocycles. The Balaban J connectivity index is 1.83. The molecule has 0 amide bonds. The van der Waals surface area contributed by atoms with Crippen LogP contribution in [-0.2, 0) is 17.6 Å². The van der Waals surface area contributed by atoms with E-state index in [0.717, 1.165) is 25.0 Å². The number of pyridine rings is 1. The molecular formula is C24H31NO4. The molecule has 5 nitrogen and oxygen atoms in total. The largest absolute Gasteiger partial charge is 0.489 e. The Kier molecular flexibility index (Phi) is 7.50. The van der Waals surface area contributed by atoms with Crippen molar-refractivity contribution >= 4 is 5.97 Å². The first kappa shape index (κ1) is 21.2. The first-order valence-electron chi connectivity index (χ1n) is 10.7. The molecule has 0 aliphatic heterocycles. The van der Waals surface area contributed by atoms with E-state index in [4.69, 9.17) is 9.47 Å². The molecule has 5 heteroatoms. The molecule has 1 atom stereocenters. The van der Waals surface area contributed by atoms with Gasteiger partial charge < -0.3 is 14.5 Å². The highest BCUT2D eigenvalue weighted by molar-refractivity contribution is 5.92. The second-order valence-electron chi connectivity index (χ2n) is 7.79. The quantitative estimate of drug-likeness (QED) is 0.657. The van der Waals surface area contributed by atoms with Crippen LogP contribution in [0.1, 0.15) is 67.6 Å². The second kappa shape index (κ2) is 10.3. The van der Waals surface area contributed by atoms with E-state index < -0.39 is 11.5 Å². The fraction of sp³-hybridized carbons (Fsp3) is 0.500. The van der Waals surface area contributed by atoms with Crippen molar-refractivity contribution in [3.63, 3.8) is 0 Å². The maximum absolute atomic E-state index is 12.7. The summed E-state index contributed by atoms with van der Waals surface area (Å²) in [4.78, 5) is 28.0. The standard InChI is InChI=1S/C24H31NO4/c1-3-28-24(27)22-21(29-17(2)19-12-8-5-9-13-19)16-20(25-23(22)26)15-14-18-10-6-4-7-11-18/h4,6-7,10-11,16-17,19H,3,5,8-9,12-15H2,1-2H3,(H,25,26). The molecule has 1 N–H and O–H groups in total. The zero-order valence-electron chi connectivity index (χ0n) is 17.4. The number of aromatic amines is 1. The van der Waals surface area contributed by atoms with Crippen LogP contribution >= 0.6 is 0 Å². The van der Waals surface area contributed by atoms with Crippen molar-refractivity contribution in [1.29, 1.82) is 0 Å². The number of carbonyl (C=O) groups is 1. The van der Waals surface area contributed by atoms with Crippen molar-refractivity contribution in [1.82, 2.24) is 4.98 Å². The van der Waals surface area contributed by atoms with Crippen LogP contribution < -0.4 is 10.3 Å². The van der Waals surface area contributed by atoms with E-state index in [1.807, 2.05) is 25.1 Å². The summed E-state index contributed by atoms with van der Waals surface area (Å²) in [5, 5.41) is 0. The van der Waals surface area contributed by atoms with E-state index in [9.17, 15) is 9.59 Å². The van der Waals surface area contributed by atoms with Crippen molar-refractivity contribution in [3.05, 3.63) is 63.6 Å². The van der Waals surface area contributed by atoms with Gasteiger partial charge >= 0.3 is 5.97 Å². The molecule has 0 bridgehead atoms. The van der Waals surface area contributed by atoms with Crippen LogP contribution in [0.3, 0.4) is 0 Å². The molecule has 156 valence electrons.